The van der Waals surface area contributed by atoms with Crippen LogP contribution in [0.25, 0.3) is 0 Å². The second kappa shape index (κ2) is 34.7. The van der Waals surface area contributed by atoms with E-state index in [1.807, 2.05) is 61.5 Å². The normalized spacial score (nSPS) is 12.1. The minimum absolute atomic E-state index is 0.184. The van der Waals surface area contributed by atoms with Gasteiger partial charge in [-0.3, -0.25) is 34.1 Å². The van der Waals surface area contributed by atoms with Gasteiger partial charge in [0.2, 0.25) is 0 Å². The lowest BCUT2D eigenvalue weighted by Crippen LogP contribution is -2.43. The lowest BCUT2D eigenvalue weighted by Gasteiger charge is -2.20. The van der Waals surface area contributed by atoms with Crippen molar-refractivity contribution in [1.82, 2.24) is 30.9 Å². The smallest absolute Gasteiger partial charge is 0.334 e. The van der Waals surface area contributed by atoms with Crippen LogP contribution in [-0.4, -0.2) is 107 Å². The number of hydrogen-bond donors (Lipinski definition) is 5. The van der Waals surface area contributed by atoms with Gasteiger partial charge in [0, 0.05) is 37.2 Å². The molecule has 4 aromatic rings. The van der Waals surface area contributed by atoms with Gasteiger partial charge < -0.3 is 45.7 Å². The summed E-state index contributed by atoms with van der Waals surface area (Å²) in [5.41, 5.74) is 7.62. The van der Waals surface area contributed by atoms with Crippen LogP contribution in [-0.2, 0) is 35.1 Å². The summed E-state index contributed by atoms with van der Waals surface area (Å²) in [6, 6.07) is 12.5. The summed E-state index contributed by atoms with van der Waals surface area (Å²) in [7, 11) is 4.18. The van der Waals surface area contributed by atoms with Gasteiger partial charge in [0.05, 0.1) is 38.0 Å². The van der Waals surface area contributed by atoms with Gasteiger partial charge in [0.1, 0.15) is 24.2 Å². The van der Waals surface area contributed by atoms with Gasteiger partial charge in [-0.1, -0.05) is 67.5 Å². The Morgan fingerprint density at radius 3 is 1.32 bits per heavy atom. The van der Waals surface area contributed by atoms with Crippen LogP contribution in [0.2, 0.25) is 0 Å². The fourth-order valence-corrected chi connectivity index (χ4v) is 6.45. The minimum Gasteiger partial charge on any atom is -0.493 e. The van der Waals surface area contributed by atoms with Crippen molar-refractivity contribution in [2.75, 3.05) is 21.3 Å². The Bertz CT molecular complexity index is 2310. The number of aliphatic carboxylic acids is 1. The summed E-state index contributed by atoms with van der Waals surface area (Å²) in [6.45, 7) is 19.5. The summed E-state index contributed by atoms with van der Waals surface area (Å²) in [5.74, 6) is -1.55. The van der Waals surface area contributed by atoms with E-state index < -0.39 is 48.0 Å². The average Bonchev–Trinajstić information content (AvgIpc) is 3.36. The maximum absolute atomic E-state index is 12.8. The number of carbonyl (C=O) groups excluding carboxylic acids is 6. The first-order valence-corrected chi connectivity index (χ1v) is 23.8. The molecule has 0 fully saturated rings. The van der Waals surface area contributed by atoms with Crippen molar-refractivity contribution in [3.63, 3.8) is 0 Å². The van der Waals surface area contributed by atoms with Crippen LogP contribution in [0.3, 0.4) is 0 Å². The highest BCUT2D eigenvalue weighted by atomic mass is 16.6. The Hall–Kier alpha value is -7.54. The molecule has 0 aliphatic carbocycles. The Kier molecular flexibility index (Phi) is 30.2. The third kappa shape index (κ3) is 25.9. The Labute approximate surface area is 429 Å². The first-order valence-electron chi connectivity index (χ1n) is 23.8. The lowest BCUT2D eigenvalue weighted by atomic mass is 10.0. The van der Waals surface area contributed by atoms with E-state index in [4.69, 9.17) is 20.3 Å². The minimum atomic E-state index is -1.02. The molecule has 3 aromatic heterocycles. The molecule has 0 aliphatic rings. The van der Waals surface area contributed by atoms with E-state index in [1.54, 1.807) is 73.2 Å². The van der Waals surface area contributed by atoms with E-state index in [0.717, 1.165) is 5.56 Å². The number of pyridine rings is 3. The molecule has 73 heavy (non-hydrogen) atoms. The van der Waals surface area contributed by atoms with E-state index in [2.05, 4.69) is 47.0 Å². The number of carboxylic acids is 1. The third-order valence-electron chi connectivity index (χ3n) is 9.92. The Balaban J connectivity index is 0.000000518. The molecule has 1 aromatic carbocycles. The molecule has 0 spiro atoms. The van der Waals surface area contributed by atoms with Gasteiger partial charge in [0.15, 0.2) is 11.5 Å². The molecule has 19 heteroatoms. The second-order valence-electron chi connectivity index (χ2n) is 18.2. The molecule has 4 rings (SSSR count). The number of allylic oxidation sites excluding steroid dienone is 1. The number of carboxylic acid groups (broad SMARTS) is 1. The van der Waals surface area contributed by atoms with E-state index in [1.165, 1.54) is 39.9 Å². The van der Waals surface area contributed by atoms with Crippen LogP contribution >= 0.6 is 0 Å². The number of hydrogen-bond acceptors (Lipinski definition) is 15. The molecule has 0 saturated heterocycles. The van der Waals surface area contributed by atoms with E-state index in [-0.39, 0.29) is 35.5 Å². The van der Waals surface area contributed by atoms with Crippen LogP contribution in [0.4, 0.5) is 0 Å². The number of nitrogens with two attached hydrogens (primary N) is 1. The Morgan fingerprint density at radius 2 is 0.973 bits per heavy atom. The molecule has 0 aliphatic heterocycles. The predicted molar refractivity (Wildman–Crippen MR) is 276 cm³/mol. The number of esters is 3. The van der Waals surface area contributed by atoms with Crippen molar-refractivity contribution < 1.29 is 57.6 Å². The van der Waals surface area contributed by atoms with Crippen molar-refractivity contribution in [3.05, 3.63) is 127 Å². The highest BCUT2D eigenvalue weighted by Gasteiger charge is 2.27. The number of aromatic nitrogens is 3. The third-order valence-corrected chi connectivity index (χ3v) is 9.92. The number of carbonyl (C=O) groups is 7. The molecule has 0 radical (unpaired) electrons. The number of methoxy groups -OCH3 is 3. The van der Waals surface area contributed by atoms with E-state index >= 15 is 0 Å². The standard InChI is InChI=1S/C22H26N2O4.C13H18N2O3.C12H16N2O3.C7H15NO2/c1-5-7-16-9-10-19(20(13-16)27-4)28-22(26)18(12-15(2)3)24-21(25)17-8-6-11-23-14-17;1-9(2)7-11(13(17)18-3)15-12(16)10-5-4-6-14-8-10;1-8(2)6-10(12(16)17)14-11(15)9-4-3-5-13-7-9;1-5(2)4-6(8)7(9)10-3/h5-6,8-11,13-15,18H,1,7,12H2,2-4H3,(H,24,25);4-6,8-9,11H,7H2,1-3H3,(H,15,16);3-5,7-8,10H,6H2,1-2H3,(H,14,15)(H,16,17);5-6H,4,8H2,1-3H3. The van der Waals surface area contributed by atoms with Crippen molar-refractivity contribution in [3.8, 4) is 11.5 Å². The first-order chi connectivity index (χ1) is 34.6. The zero-order chi connectivity index (χ0) is 55.0. The molecule has 0 saturated carbocycles. The van der Waals surface area contributed by atoms with Crippen LogP contribution < -0.4 is 31.2 Å². The first kappa shape index (κ1) is 63.5. The van der Waals surface area contributed by atoms with Gasteiger partial charge >= 0.3 is 23.9 Å². The van der Waals surface area contributed by atoms with Gasteiger partial charge in [-0.05, 0) is 110 Å². The quantitative estimate of drug-likeness (QED) is 0.0307. The topological polar surface area (TPSA) is 277 Å². The SMILES string of the molecule is C=CCc1ccc(OC(=O)C(CC(C)C)NC(=O)c2cccnc2)c(OC)c1.CC(C)CC(NC(=O)c1cccnc1)C(=O)O.COC(=O)C(CC(C)C)NC(=O)c1cccnc1.COC(=O)C(N)CC(C)C. The van der Waals surface area contributed by atoms with Crippen molar-refractivity contribution in [1.29, 1.82) is 0 Å². The van der Waals surface area contributed by atoms with Gasteiger partial charge in [0.25, 0.3) is 17.7 Å². The van der Waals surface area contributed by atoms with Gasteiger partial charge in [-0.15, -0.1) is 6.58 Å². The molecule has 6 N–H and O–H groups in total. The Morgan fingerprint density at radius 1 is 0.575 bits per heavy atom. The summed E-state index contributed by atoms with van der Waals surface area (Å²) in [4.78, 5) is 93.7. The maximum atomic E-state index is 12.8. The van der Waals surface area contributed by atoms with E-state index in [9.17, 15) is 33.6 Å². The molecule has 4 atom stereocenters. The van der Waals surface area contributed by atoms with Crippen molar-refractivity contribution in [2.24, 2.45) is 29.4 Å². The second-order valence-corrected chi connectivity index (χ2v) is 18.2. The highest BCUT2D eigenvalue weighted by molar-refractivity contribution is 5.98. The van der Waals surface area contributed by atoms with Crippen LogP contribution in [0.1, 0.15) is 118 Å². The summed E-state index contributed by atoms with van der Waals surface area (Å²) < 4.78 is 20.0. The molecular formula is C54H75N7O12. The fourth-order valence-electron chi connectivity index (χ4n) is 6.45. The highest BCUT2D eigenvalue weighted by Crippen LogP contribution is 2.29. The monoisotopic (exact) mass is 1010 g/mol. The zero-order valence-electron chi connectivity index (χ0n) is 44.0. The summed E-state index contributed by atoms with van der Waals surface area (Å²) in [6.07, 6.45) is 13.6. The van der Waals surface area contributed by atoms with Crippen molar-refractivity contribution in [2.45, 2.75) is 112 Å². The number of amides is 3. The molecule has 398 valence electrons. The molecule has 3 heterocycles. The van der Waals surface area contributed by atoms with Gasteiger partial charge in [-0.2, -0.15) is 0 Å². The fraction of sp³-hybridized carbons (Fsp3) is 0.444. The van der Waals surface area contributed by atoms with Gasteiger partial charge in [-0.25, -0.2) is 14.4 Å². The van der Waals surface area contributed by atoms with E-state index in [0.29, 0.717) is 66.2 Å². The number of nitrogens with zero attached hydrogens (tertiary/aromatic N) is 3. The summed E-state index contributed by atoms with van der Waals surface area (Å²) >= 11 is 0. The molecule has 19 nitrogen and oxygen atoms in total. The molecule has 0 bridgehead atoms. The number of nitrogens with one attached hydrogen (secondary N) is 3. The molecular weight excluding hydrogens is 939 g/mol. The van der Waals surface area contributed by atoms with Crippen molar-refractivity contribution >= 4 is 41.6 Å². The zero-order valence-corrected chi connectivity index (χ0v) is 44.0. The van der Waals surface area contributed by atoms with Crippen LogP contribution in [0.5, 0.6) is 11.5 Å². The summed E-state index contributed by atoms with van der Waals surface area (Å²) in [5, 5.41) is 16.9. The molecule has 4 unspecified atom stereocenters. The number of ether oxygens (including phenoxy) is 4. The van der Waals surface area contributed by atoms with Crippen LogP contribution in [0.15, 0.2) is 104 Å². The average molecular weight is 1010 g/mol. The number of benzene rings is 1. The maximum Gasteiger partial charge on any atom is 0.334 e. The number of rotatable bonds is 22. The predicted octanol–water partition coefficient (Wildman–Crippen LogP) is 6.81. The largest absolute Gasteiger partial charge is 0.493 e. The lowest BCUT2D eigenvalue weighted by molar-refractivity contribution is -0.143. The molecule has 3 amide bonds. The van der Waals surface area contributed by atoms with Crippen LogP contribution in [0, 0.1) is 23.7 Å².